The van der Waals surface area contributed by atoms with E-state index in [1.165, 1.54) is 12.3 Å². The third-order valence-corrected chi connectivity index (χ3v) is 2.34. The molecule has 5 heteroatoms. The molecule has 0 bridgehead atoms. The van der Waals surface area contributed by atoms with Crippen LogP contribution in [-0.4, -0.2) is 11.1 Å². The first-order chi connectivity index (χ1) is 7.59. The van der Waals surface area contributed by atoms with Crippen LogP contribution in [0.25, 0.3) is 11.0 Å². The predicted molar refractivity (Wildman–Crippen MR) is 52.1 cm³/mol. The Hall–Kier alpha value is -1.91. The van der Waals surface area contributed by atoms with Gasteiger partial charge in [-0.15, -0.1) is 0 Å². The highest BCUT2D eigenvalue weighted by Crippen LogP contribution is 2.26. The smallest absolute Gasteiger partial charge is 0.303 e. The Balaban J connectivity index is 2.50. The lowest BCUT2D eigenvalue weighted by Gasteiger charge is -2.03. The number of benzene rings is 1. The molecule has 1 aromatic carbocycles. The predicted octanol–water partition coefficient (Wildman–Crippen LogP) is 2.73. The maximum absolute atomic E-state index is 13.4. The number of hydrogen-bond donors (Lipinski definition) is 1. The third kappa shape index (κ3) is 1.76. The molecule has 0 saturated carbocycles. The molecule has 0 aliphatic heterocycles. The Morgan fingerprint density at radius 1 is 1.38 bits per heavy atom. The number of carbonyl (C=O) groups is 1. The van der Waals surface area contributed by atoms with E-state index in [0.29, 0.717) is 11.5 Å². The van der Waals surface area contributed by atoms with Crippen LogP contribution in [0, 0.1) is 11.6 Å². The molecule has 1 heterocycles. The second-order valence-electron chi connectivity index (χ2n) is 3.38. The monoisotopic (exact) mass is 226 g/mol. The number of aliphatic carboxylic acids is 1. The molecule has 1 aromatic heterocycles. The normalized spacial score (nSPS) is 10.9. The van der Waals surface area contributed by atoms with Crippen LogP contribution in [0.3, 0.4) is 0 Å². The van der Waals surface area contributed by atoms with Crippen molar-refractivity contribution >= 4 is 16.9 Å². The summed E-state index contributed by atoms with van der Waals surface area (Å²) >= 11 is 0. The van der Waals surface area contributed by atoms with Crippen LogP contribution in [0.15, 0.2) is 22.8 Å². The number of halogens is 2. The zero-order valence-electron chi connectivity index (χ0n) is 8.17. The molecule has 3 nitrogen and oxygen atoms in total. The minimum Gasteiger partial charge on any atom is -0.481 e. The third-order valence-electron chi connectivity index (χ3n) is 2.34. The zero-order chi connectivity index (χ0) is 11.7. The van der Waals surface area contributed by atoms with Crippen LogP contribution in [-0.2, 0) is 11.2 Å². The van der Waals surface area contributed by atoms with Crippen LogP contribution >= 0.6 is 0 Å². The molecule has 0 amide bonds. The lowest BCUT2D eigenvalue weighted by atomic mass is 10.0. The summed E-state index contributed by atoms with van der Waals surface area (Å²) in [7, 11) is 0. The van der Waals surface area contributed by atoms with Gasteiger partial charge in [0.05, 0.1) is 6.26 Å². The molecule has 2 rings (SSSR count). The van der Waals surface area contributed by atoms with Crippen molar-refractivity contribution in [2.75, 3.05) is 0 Å². The SMILES string of the molecule is O=C(O)CCc1c(F)cc(F)c2occc12. The van der Waals surface area contributed by atoms with Gasteiger partial charge >= 0.3 is 5.97 Å². The highest BCUT2D eigenvalue weighted by atomic mass is 19.1. The van der Waals surface area contributed by atoms with Crippen LogP contribution in [0.4, 0.5) is 8.78 Å². The van der Waals surface area contributed by atoms with Crippen molar-refractivity contribution < 1.29 is 23.1 Å². The Kier molecular flexibility index (Phi) is 2.60. The molecular weight excluding hydrogens is 218 g/mol. The molecule has 0 spiro atoms. The number of fused-ring (bicyclic) bond motifs is 1. The Bertz CT molecular complexity index is 545. The quantitative estimate of drug-likeness (QED) is 0.875. The average molecular weight is 226 g/mol. The summed E-state index contributed by atoms with van der Waals surface area (Å²) < 4.78 is 31.5. The summed E-state index contributed by atoms with van der Waals surface area (Å²) in [6.45, 7) is 0. The molecule has 0 saturated heterocycles. The van der Waals surface area contributed by atoms with E-state index in [1.807, 2.05) is 0 Å². The van der Waals surface area contributed by atoms with Crippen molar-refractivity contribution in [3.63, 3.8) is 0 Å². The lowest BCUT2D eigenvalue weighted by Crippen LogP contribution is -2.00. The van der Waals surface area contributed by atoms with Gasteiger partial charge < -0.3 is 9.52 Å². The van der Waals surface area contributed by atoms with Gasteiger partial charge in [-0.25, -0.2) is 8.78 Å². The average Bonchev–Trinajstić information content (AvgIpc) is 2.65. The Labute approximate surface area is 89.3 Å². The first-order valence-corrected chi connectivity index (χ1v) is 4.65. The first-order valence-electron chi connectivity index (χ1n) is 4.65. The van der Waals surface area contributed by atoms with E-state index in [9.17, 15) is 13.6 Å². The zero-order valence-corrected chi connectivity index (χ0v) is 8.17. The van der Waals surface area contributed by atoms with E-state index < -0.39 is 17.6 Å². The lowest BCUT2D eigenvalue weighted by molar-refractivity contribution is -0.136. The minimum absolute atomic E-state index is 0.0114. The van der Waals surface area contributed by atoms with Gasteiger partial charge in [0, 0.05) is 17.9 Å². The molecule has 0 aliphatic carbocycles. The molecule has 2 aromatic rings. The first kappa shape index (κ1) is 10.6. The van der Waals surface area contributed by atoms with E-state index >= 15 is 0 Å². The summed E-state index contributed by atoms with van der Waals surface area (Å²) in [6.07, 6.45) is 1.05. The summed E-state index contributed by atoms with van der Waals surface area (Å²) in [5.74, 6) is -2.55. The Morgan fingerprint density at radius 2 is 2.12 bits per heavy atom. The summed E-state index contributed by atoms with van der Waals surface area (Å²) in [5, 5.41) is 8.81. The van der Waals surface area contributed by atoms with Crippen molar-refractivity contribution in [3.8, 4) is 0 Å². The van der Waals surface area contributed by atoms with Crippen LogP contribution in [0.1, 0.15) is 12.0 Å². The van der Waals surface area contributed by atoms with Gasteiger partial charge in [0.1, 0.15) is 5.82 Å². The maximum Gasteiger partial charge on any atom is 0.303 e. The number of carboxylic acids is 1. The molecule has 16 heavy (non-hydrogen) atoms. The van der Waals surface area contributed by atoms with Gasteiger partial charge in [0.2, 0.25) is 0 Å². The molecule has 0 aliphatic rings. The van der Waals surface area contributed by atoms with Crippen LogP contribution < -0.4 is 0 Å². The second-order valence-corrected chi connectivity index (χ2v) is 3.38. The number of furan rings is 1. The van der Waals surface area contributed by atoms with E-state index in [1.54, 1.807) is 0 Å². The maximum atomic E-state index is 13.4. The van der Waals surface area contributed by atoms with E-state index in [4.69, 9.17) is 9.52 Å². The number of aryl methyl sites for hydroxylation is 1. The fourth-order valence-corrected chi connectivity index (χ4v) is 1.61. The summed E-state index contributed by atoms with van der Waals surface area (Å²) in [5.41, 5.74) is 0.134. The van der Waals surface area contributed by atoms with Crippen LogP contribution in [0.5, 0.6) is 0 Å². The van der Waals surface area contributed by atoms with Crippen LogP contribution in [0.2, 0.25) is 0 Å². The molecular formula is C11H8F2O3. The number of hydrogen-bond acceptors (Lipinski definition) is 2. The van der Waals surface area contributed by atoms with E-state index in [-0.39, 0.29) is 24.0 Å². The number of rotatable bonds is 3. The van der Waals surface area contributed by atoms with Gasteiger partial charge in [-0.1, -0.05) is 0 Å². The second kappa shape index (κ2) is 3.92. The Morgan fingerprint density at radius 3 is 2.81 bits per heavy atom. The minimum atomic E-state index is -1.03. The van der Waals surface area contributed by atoms with E-state index in [0.717, 1.165) is 0 Å². The molecule has 0 radical (unpaired) electrons. The summed E-state index contributed by atoms with van der Waals surface area (Å²) in [6, 6.07) is 2.14. The van der Waals surface area contributed by atoms with Gasteiger partial charge in [-0.2, -0.15) is 0 Å². The van der Waals surface area contributed by atoms with Crippen molar-refractivity contribution in [3.05, 3.63) is 35.6 Å². The van der Waals surface area contributed by atoms with Crippen molar-refractivity contribution in [1.82, 2.24) is 0 Å². The van der Waals surface area contributed by atoms with Crippen molar-refractivity contribution in [2.24, 2.45) is 0 Å². The molecule has 0 unspecified atom stereocenters. The highest BCUT2D eigenvalue weighted by molar-refractivity contribution is 5.82. The van der Waals surface area contributed by atoms with Gasteiger partial charge in [-0.05, 0) is 18.1 Å². The topological polar surface area (TPSA) is 50.4 Å². The molecule has 0 fully saturated rings. The van der Waals surface area contributed by atoms with Crippen molar-refractivity contribution in [1.29, 1.82) is 0 Å². The summed E-state index contributed by atoms with van der Waals surface area (Å²) in [4.78, 5) is 10.4. The largest absolute Gasteiger partial charge is 0.481 e. The van der Waals surface area contributed by atoms with Gasteiger partial charge in [0.15, 0.2) is 11.4 Å². The molecule has 0 atom stereocenters. The van der Waals surface area contributed by atoms with Gasteiger partial charge in [-0.3, -0.25) is 4.79 Å². The molecule has 84 valence electrons. The fraction of sp³-hybridized carbons (Fsp3) is 0.182. The standard InChI is InChI=1S/C11H8F2O3/c12-8-5-9(13)11-7(3-4-16-11)6(8)1-2-10(14)15/h3-5H,1-2H2,(H,14,15). The number of carboxylic acid groups (broad SMARTS) is 1. The highest BCUT2D eigenvalue weighted by Gasteiger charge is 2.15. The van der Waals surface area contributed by atoms with Gasteiger partial charge in [0.25, 0.3) is 0 Å². The van der Waals surface area contributed by atoms with Crippen molar-refractivity contribution in [2.45, 2.75) is 12.8 Å². The fourth-order valence-electron chi connectivity index (χ4n) is 1.61. The molecule has 1 N–H and O–H groups in total. The van der Waals surface area contributed by atoms with E-state index in [2.05, 4.69) is 0 Å².